The Morgan fingerprint density at radius 2 is 2.26 bits per heavy atom. The fraction of sp³-hybridized carbons (Fsp3) is 0.667. The van der Waals surface area contributed by atoms with Gasteiger partial charge in [-0.1, -0.05) is 0 Å². The van der Waals surface area contributed by atoms with E-state index in [1.165, 1.54) is 0 Å². The highest BCUT2D eigenvalue weighted by molar-refractivity contribution is 5.85. The predicted octanol–water partition coefficient (Wildman–Crippen LogP) is 1.25. The molecule has 5 nitrogen and oxygen atoms in total. The molecule has 1 saturated heterocycles. The second-order valence-corrected chi connectivity index (χ2v) is 4.67. The summed E-state index contributed by atoms with van der Waals surface area (Å²) in [4.78, 5) is 14.0. The summed E-state index contributed by atoms with van der Waals surface area (Å²) >= 11 is 0. The van der Waals surface area contributed by atoms with Crippen molar-refractivity contribution in [3.8, 4) is 0 Å². The number of aromatic nitrogens is 2. The van der Waals surface area contributed by atoms with Gasteiger partial charge in [0.25, 0.3) is 0 Å². The van der Waals surface area contributed by atoms with E-state index in [0.29, 0.717) is 19.0 Å². The molecule has 0 aliphatic carbocycles. The molecule has 1 fully saturated rings. The van der Waals surface area contributed by atoms with Gasteiger partial charge in [0.05, 0.1) is 6.20 Å². The van der Waals surface area contributed by atoms with Crippen LogP contribution >= 0.6 is 24.8 Å². The second-order valence-electron chi connectivity index (χ2n) is 4.67. The molecule has 1 amide bonds. The molecule has 2 rings (SSSR count). The zero-order chi connectivity index (χ0) is 12.3. The van der Waals surface area contributed by atoms with Crippen LogP contribution in [0.25, 0.3) is 0 Å². The van der Waals surface area contributed by atoms with E-state index < -0.39 is 0 Å². The molecular formula is C12H22Cl2N4O. The van der Waals surface area contributed by atoms with Crippen LogP contribution in [0.3, 0.4) is 0 Å². The summed E-state index contributed by atoms with van der Waals surface area (Å²) in [5.41, 5.74) is 1.13. The summed E-state index contributed by atoms with van der Waals surface area (Å²) in [6.45, 7) is 7.37. The van der Waals surface area contributed by atoms with E-state index in [0.717, 1.165) is 25.2 Å². The summed E-state index contributed by atoms with van der Waals surface area (Å²) in [5, 5.41) is 7.47. The van der Waals surface area contributed by atoms with Crippen molar-refractivity contribution in [1.82, 2.24) is 20.0 Å². The number of halogens is 2. The van der Waals surface area contributed by atoms with E-state index in [9.17, 15) is 4.79 Å². The molecule has 19 heavy (non-hydrogen) atoms. The van der Waals surface area contributed by atoms with Gasteiger partial charge in [-0.05, 0) is 19.4 Å². The van der Waals surface area contributed by atoms with Crippen molar-refractivity contribution in [2.75, 3.05) is 19.6 Å². The van der Waals surface area contributed by atoms with Crippen LogP contribution in [-0.2, 0) is 11.3 Å². The smallest absolute Gasteiger partial charge is 0.224 e. The Kier molecular flexibility index (Phi) is 8.06. The number of carbonyl (C=O) groups is 1. The molecular weight excluding hydrogens is 287 g/mol. The Morgan fingerprint density at radius 3 is 2.84 bits per heavy atom. The monoisotopic (exact) mass is 308 g/mol. The van der Waals surface area contributed by atoms with Crippen molar-refractivity contribution >= 4 is 30.7 Å². The number of carbonyl (C=O) groups excluding carboxylic acids is 1. The highest BCUT2D eigenvalue weighted by Crippen LogP contribution is 2.06. The zero-order valence-electron chi connectivity index (χ0n) is 11.3. The third-order valence-corrected chi connectivity index (χ3v) is 3.14. The molecule has 1 aliphatic rings. The van der Waals surface area contributed by atoms with Crippen molar-refractivity contribution in [3.63, 3.8) is 0 Å². The summed E-state index contributed by atoms with van der Waals surface area (Å²) in [6.07, 6.45) is 4.32. The number of rotatable bonds is 3. The average molecular weight is 309 g/mol. The van der Waals surface area contributed by atoms with Crippen LogP contribution in [0.1, 0.15) is 18.9 Å². The molecule has 0 spiro atoms. The minimum absolute atomic E-state index is 0. The maximum absolute atomic E-state index is 12.0. The zero-order valence-corrected chi connectivity index (χ0v) is 13.0. The number of amides is 1. The molecule has 7 heteroatoms. The van der Waals surface area contributed by atoms with Gasteiger partial charge in [-0.25, -0.2) is 0 Å². The number of piperazine rings is 1. The first-order valence-corrected chi connectivity index (χ1v) is 6.16. The molecule has 110 valence electrons. The van der Waals surface area contributed by atoms with Gasteiger partial charge < -0.3 is 10.2 Å². The Labute approximate surface area is 126 Å². The number of nitrogens with one attached hydrogen (secondary N) is 1. The summed E-state index contributed by atoms with van der Waals surface area (Å²) in [5.74, 6) is 0.229. The third-order valence-electron chi connectivity index (χ3n) is 3.14. The Hall–Kier alpha value is -0.780. The number of hydrogen-bond donors (Lipinski definition) is 1. The van der Waals surface area contributed by atoms with Gasteiger partial charge in [-0.15, -0.1) is 24.8 Å². The standard InChI is InChI=1S/C12H20N4O.2ClH/c1-10-7-14-15(9-10)5-3-12(17)16-6-4-13-8-11(16)2;;/h7,9,11,13H,3-6,8H2,1-2H3;2*1H/t11-;;/m1../s1. The van der Waals surface area contributed by atoms with Gasteiger partial charge in [0.2, 0.25) is 5.91 Å². The van der Waals surface area contributed by atoms with E-state index in [4.69, 9.17) is 0 Å². The van der Waals surface area contributed by atoms with E-state index >= 15 is 0 Å². The molecule has 1 aliphatic heterocycles. The molecule has 0 aromatic carbocycles. The third kappa shape index (κ3) is 5.01. The van der Waals surface area contributed by atoms with Crippen LogP contribution < -0.4 is 5.32 Å². The first kappa shape index (κ1) is 18.2. The van der Waals surface area contributed by atoms with E-state index in [1.54, 1.807) is 0 Å². The van der Waals surface area contributed by atoms with Crippen LogP contribution in [0.4, 0.5) is 0 Å². The van der Waals surface area contributed by atoms with Crippen LogP contribution in [0.2, 0.25) is 0 Å². The SMILES string of the molecule is Cc1cnn(CCC(=O)N2CCNC[C@H]2C)c1.Cl.Cl. The van der Waals surface area contributed by atoms with Gasteiger partial charge >= 0.3 is 0 Å². The Balaban J connectivity index is 0.00000162. The van der Waals surface area contributed by atoms with Crippen LogP contribution in [0.5, 0.6) is 0 Å². The quantitative estimate of drug-likeness (QED) is 0.914. The molecule has 0 unspecified atom stereocenters. The number of hydrogen-bond acceptors (Lipinski definition) is 3. The van der Waals surface area contributed by atoms with Gasteiger partial charge in [-0.2, -0.15) is 5.10 Å². The highest BCUT2D eigenvalue weighted by Gasteiger charge is 2.22. The van der Waals surface area contributed by atoms with Crippen molar-refractivity contribution in [2.24, 2.45) is 0 Å². The topological polar surface area (TPSA) is 50.2 Å². The molecule has 0 radical (unpaired) electrons. The maximum atomic E-state index is 12.0. The average Bonchev–Trinajstić information content (AvgIpc) is 2.73. The van der Waals surface area contributed by atoms with Crippen molar-refractivity contribution in [2.45, 2.75) is 32.9 Å². The minimum atomic E-state index is 0. The van der Waals surface area contributed by atoms with Gasteiger partial charge in [-0.3, -0.25) is 9.48 Å². The van der Waals surface area contributed by atoms with Gasteiger partial charge in [0.1, 0.15) is 0 Å². The number of nitrogens with zero attached hydrogens (tertiary/aromatic N) is 3. The lowest BCUT2D eigenvalue weighted by molar-refractivity contribution is -0.134. The lowest BCUT2D eigenvalue weighted by Crippen LogP contribution is -2.52. The normalized spacial score (nSPS) is 18.4. The first-order chi connectivity index (χ1) is 8.16. The van der Waals surface area contributed by atoms with Crippen LogP contribution in [-0.4, -0.2) is 46.3 Å². The molecule has 2 heterocycles. The minimum Gasteiger partial charge on any atom is -0.337 e. The molecule has 1 aromatic rings. The van der Waals surface area contributed by atoms with E-state index in [1.807, 2.05) is 28.9 Å². The van der Waals surface area contributed by atoms with Crippen LogP contribution in [0.15, 0.2) is 12.4 Å². The Morgan fingerprint density at radius 1 is 1.53 bits per heavy atom. The van der Waals surface area contributed by atoms with Gasteiger partial charge in [0.15, 0.2) is 0 Å². The Bertz CT molecular complexity index is 397. The highest BCUT2D eigenvalue weighted by atomic mass is 35.5. The first-order valence-electron chi connectivity index (χ1n) is 6.16. The van der Waals surface area contributed by atoms with Gasteiger partial charge in [0, 0.05) is 44.8 Å². The fourth-order valence-corrected chi connectivity index (χ4v) is 2.15. The number of aryl methyl sites for hydroxylation is 2. The maximum Gasteiger partial charge on any atom is 0.224 e. The fourth-order valence-electron chi connectivity index (χ4n) is 2.15. The predicted molar refractivity (Wildman–Crippen MR) is 80.1 cm³/mol. The molecule has 0 bridgehead atoms. The van der Waals surface area contributed by atoms with Crippen LogP contribution in [0, 0.1) is 6.92 Å². The lowest BCUT2D eigenvalue weighted by Gasteiger charge is -2.34. The summed E-state index contributed by atoms with van der Waals surface area (Å²) in [6, 6.07) is 0.301. The van der Waals surface area contributed by atoms with E-state index in [-0.39, 0.29) is 30.7 Å². The van der Waals surface area contributed by atoms with Crippen molar-refractivity contribution < 1.29 is 4.79 Å². The second kappa shape index (κ2) is 8.40. The summed E-state index contributed by atoms with van der Waals surface area (Å²) < 4.78 is 1.83. The van der Waals surface area contributed by atoms with Crippen molar-refractivity contribution in [3.05, 3.63) is 18.0 Å². The molecule has 0 saturated carbocycles. The molecule has 1 atom stereocenters. The molecule has 1 aromatic heterocycles. The summed E-state index contributed by atoms with van der Waals surface area (Å²) in [7, 11) is 0. The van der Waals surface area contributed by atoms with E-state index in [2.05, 4.69) is 17.3 Å². The lowest BCUT2D eigenvalue weighted by atomic mass is 10.2. The molecule has 1 N–H and O–H groups in total. The van der Waals surface area contributed by atoms with Crippen molar-refractivity contribution in [1.29, 1.82) is 0 Å². The largest absolute Gasteiger partial charge is 0.337 e.